The lowest BCUT2D eigenvalue weighted by molar-refractivity contribution is 0.0149. The van der Waals surface area contributed by atoms with Crippen LogP contribution in [0.1, 0.15) is 13.3 Å². The number of hydrogen-bond acceptors (Lipinski definition) is 7. The summed E-state index contributed by atoms with van der Waals surface area (Å²) in [7, 11) is 2.04. The van der Waals surface area contributed by atoms with Crippen molar-refractivity contribution in [2.45, 2.75) is 19.4 Å². The molecule has 23 heavy (non-hydrogen) atoms. The van der Waals surface area contributed by atoms with E-state index in [0.29, 0.717) is 52.2 Å². The van der Waals surface area contributed by atoms with Crippen molar-refractivity contribution in [3.63, 3.8) is 0 Å². The lowest BCUT2D eigenvalue weighted by Gasteiger charge is -2.30. The molecule has 0 aliphatic carbocycles. The van der Waals surface area contributed by atoms with E-state index in [4.69, 9.17) is 39.7 Å². The molecule has 0 spiro atoms. The first-order valence-electron chi connectivity index (χ1n) is 7.79. The maximum atomic E-state index is 5.95. The number of ether oxygens (including phenoxy) is 3. The Hall–Kier alpha value is -0.133. The van der Waals surface area contributed by atoms with Crippen LogP contribution in [0.3, 0.4) is 0 Å². The lowest BCUT2D eigenvalue weighted by atomic mass is 10.5. The van der Waals surface area contributed by atoms with Crippen molar-refractivity contribution in [1.29, 1.82) is 0 Å². The normalized spacial score (nSPS) is 11.7. The summed E-state index contributed by atoms with van der Waals surface area (Å²) in [6.07, 6.45) is 0.809. The van der Waals surface area contributed by atoms with E-state index in [1.54, 1.807) is 21.3 Å². The first-order chi connectivity index (χ1) is 11.1. The fourth-order valence-corrected chi connectivity index (χ4v) is 4.06. The van der Waals surface area contributed by atoms with Gasteiger partial charge in [-0.1, -0.05) is 19.1 Å². The van der Waals surface area contributed by atoms with Crippen molar-refractivity contribution >= 4 is 26.0 Å². The standard InChI is InChI=1S/C14H31NO6SSi/c1-5-14(22)15-6-13-23(19-10-7-16-2,20-11-8-17-3)21-12-9-18-4/h5-13H2,1-4H3,(H,15,22). The van der Waals surface area contributed by atoms with Gasteiger partial charge < -0.3 is 32.8 Å². The Morgan fingerprint density at radius 2 is 1.26 bits per heavy atom. The van der Waals surface area contributed by atoms with Crippen molar-refractivity contribution in [1.82, 2.24) is 5.32 Å². The van der Waals surface area contributed by atoms with Gasteiger partial charge in [-0.25, -0.2) is 0 Å². The number of nitrogens with one attached hydrogen (secondary N) is 1. The van der Waals surface area contributed by atoms with Gasteiger partial charge in [-0.2, -0.15) is 0 Å². The molecule has 0 saturated heterocycles. The molecule has 7 nitrogen and oxygen atoms in total. The Balaban J connectivity index is 4.67. The molecule has 0 fully saturated rings. The van der Waals surface area contributed by atoms with Gasteiger partial charge in [0.2, 0.25) is 0 Å². The number of rotatable bonds is 16. The summed E-state index contributed by atoms with van der Waals surface area (Å²) in [5, 5.41) is 3.19. The molecule has 1 N–H and O–H groups in total. The summed E-state index contributed by atoms with van der Waals surface area (Å²) < 4.78 is 33.0. The molecular formula is C14H31NO6SSi. The third-order valence-corrected chi connectivity index (χ3v) is 6.13. The van der Waals surface area contributed by atoms with Crippen LogP contribution in [0.2, 0.25) is 6.04 Å². The van der Waals surface area contributed by atoms with E-state index >= 15 is 0 Å². The first kappa shape index (κ1) is 22.9. The molecule has 0 amide bonds. The topological polar surface area (TPSA) is 67.4 Å². The van der Waals surface area contributed by atoms with E-state index < -0.39 is 8.80 Å². The van der Waals surface area contributed by atoms with Crippen molar-refractivity contribution in [3.8, 4) is 0 Å². The molecule has 0 radical (unpaired) electrons. The van der Waals surface area contributed by atoms with E-state index in [-0.39, 0.29) is 0 Å². The highest BCUT2D eigenvalue weighted by Crippen LogP contribution is 2.15. The van der Waals surface area contributed by atoms with Crippen molar-refractivity contribution in [2.24, 2.45) is 0 Å². The first-order valence-corrected chi connectivity index (χ1v) is 10.1. The van der Waals surface area contributed by atoms with E-state index in [1.807, 2.05) is 6.92 Å². The Morgan fingerprint density at radius 3 is 1.61 bits per heavy atom. The molecule has 0 heterocycles. The molecule has 0 aliphatic heterocycles. The predicted octanol–water partition coefficient (Wildman–Crippen LogP) is 1.24. The van der Waals surface area contributed by atoms with E-state index in [0.717, 1.165) is 11.4 Å². The molecule has 0 bridgehead atoms. The van der Waals surface area contributed by atoms with Gasteiger partial charge in [-0.15, -0.1) is 0 Å². The van der Waals surface area contributed by atoms with Crippen LogP contribution in [0.15, 0.2) is 0 Å². The van der Waals surface area contributed by atoms with Gasteiger partial charge in [0, 0.05) is 33.9 Å². The Morgan fingerprint density at radius 1 is 0.826 bits per heavy atom. The molecule has 0 saturated carbocycles. The fourth-order valence-electron chi connectivity index (χ4n) is 1.66. The highest BCUT2D eigenvalue weighted by molar-refractivity contribution is 7.80. The van der Waals surface area contributed by atoms with Gasteiger partial charge in [0.25, 0.3) is 0 Å². The minimum Gasteiger partial charge on any atom is -0.382 e. The smallest absolute Gasteiger partial charge is 0.382 e. The monoisotopic (exact) mass is 369 g/mol. The van der Waals surface area contributed by atoms with Gasteiger partial charge in [-0.05, 0) is 6.42 Å². The largest absolute Gasteiger partial charge is 0.503 e. The minimum absolute atomic E-state index is 0.418. The average Bonchev–Trinajstić information content (AvgIpc) is 2.55. The summed E-state index contributed by atoms with van der Waals surface area (Å²) in [5.74, 6) is 0. The Labute approximate surface area is 146 Å². The molecule has 0 aromatic heterocycles. The molecule has 0 rings (SSSR count). The van der Waals surface area contributed by atoms with Crippen LogP contribution < -0.4 is 5.32 Å². The van der Waals surface area contributed by atoms with Gasteiger partial charge in [0.05, 0.1) is 44.6 Å². The molecule has 0 unspecified atom stereocenters. The lowest BCUT2D eigenvalue weighted by Crippen LogP contribution is -2.50. The summed E-state index contributed by atoms with van der Waals surface area (Å²) in [5.41, 5.74) is 0. The Bertz CT molecular complexity index is 272. The SMILES string of the molecule is CCC(=S)NCC[Si](OCCOC)(OCCOC)OCCOC. The highest BCUT2D eigenvalue weighted by atomic mass is 32.1. The van der Waals surface area contributed by atoms with Crippen LogP contribution in [0.4, 0.5) is 0 Å². The third kappa shape index (κ3) is 12.0. The maximum absolute atomic E-state index is 5.95. The van der Waals surface area contributed by atoms with Crippen LogP contribution in [-0.2, 0) is 27.5 Å². The van der Waals surface area contributed by atoms with Crippen molar-refractivity contribution in [3.05, 3.63) is 0 Å². The number of hydrogen-bond donors (Lipinski definition) is 1. The molecule has 0 aliphatic rings. The van der Waals surface area contributed by atoms with Crippen LogP contribution >= 0.6 is 12.2 Å². The second kappa shape index (κ2) is 15.4. The highest BCUT2D eigenvalue weighted by Gasteiger charge is 2.41. The predicted molar refractivity (Wildman–Crippen MR) is 94.9 cm³/mol. The fraction of sp³-hybridized carbons (Fsp3) is 0.929. The second-order valence-corrected chi connectivity index (χ2v) is 7.89. The molecule has 0 atom stereocenters. The third-order valence-electron chi connectivity index (χ3n) is 2.90. The summed E-state index contributed by atoms with van der Waals surface area (Å²) in [6, 6.07) is 0.615. The van der Waals surface area contributed by atoms with Gasteiger partial charge in [0.1, 0.15) is 0 Å². The Kier molecular flexibility index (Phi) is 15.3. The van der Waals surface area contributed by atoms with Crippen LogP contribution in [0.5, 0.6) is 0 Å². The second-order valence-electron chi connectivity index (χ2n) is 4.66. The molecule has 138 valence electrons. The molecule has 0 aromatic rings. The van der Waals surface area contributed by atoms with Gasteiger partial charge >= 0.3 is 8.80 Å². The zero-order valence-corrected chi connectivity index (χ0v) is 16.5. The number of methoxy groups -OCH3 is 3. The summed E-state index contributed by atoms with van der Waals surface area (Å²) >= 11 is 5.18. The number of thiocarbonyl (C=S) groups is 1. The molecule has 0 aromatic carbocycles. The van der Waals surface area contributed by atoms with Crippen molar-refractivity contribution < 1.29 is 27.5 Å². The average molecular weight is 370 g/mol. The van der Waals surface area contributed by atoms with Crippen LogP contribution in [0, 0.1) is 0 Å². The van der Waals surface area contributed by atoms with E-state index in [9.17, 15) is 0 Å². The molecule has 9 heteroatoms. The summed E-state index contributed by atoms with van der Waals surface area (Å²) in [4.78, 5) is 0.818. The van der Waals surface area contributed by atoms with Crippen LogP contribution in [-0.4, -0.2) is 81.3 Å². The van der Waals surface area contributed by atoms with Gasteiger partial charge in [0.15, 0.2) is 0 Å². The van der Waals surface area contributed by atoms with Gasteiger partial charge in [-0.3, -0.25) is 0 Å². The quantitative estimate of drug-likeness (QED) is 0.248. The van der Waals surface area contributed by atoms with E-state index in [2.05, 4.69) is 5.32 Å². The molecular weight excluding hydrogens is 338 g/mol. The van der Waals surface area contributed by atoms with E-state index in [1.165, 1.54) is 0 Å². The summed E-state index contributed by atoms with van der Waals surface area (Å²) in [6.45, 7) is 5.36. The van der Waals surface area contributed by atoms with Crippen LogP contribution in [0.25, 0.3) is 0 Å². The maximum Gasteiger partial charge on any atom is 0.503 e. The zero-order valence-electron chi connectivity index (χ0n) is 14.7. The minimum atomic E-state index is -2.85. The zero-order chi connectivity index (χ0) is 17.4. The van der Waals surface area contributed by atoms with Crippen molar-refractivity contribution in [2.75, 3.05) is 67.5 Å².